The lowest BCUT2D eigenvalue weighted by Crippen LogP contribution is -2.71. The zero-order valence-corrected chi connectivity index (χ0v) is 18.0. The molecule has 2 amide bonds. The van der Waals surface area contributed by atoms with Crippen molar-refractivity contribution in [3.63, 3.8) is 0 Å². The molecule has 1 aromatic heterocycles. The van der Waals surface area contributed by atoms with E-state index in [0.29, 0.717) is 11.3 Å². The molecule has 0 aliphatic carbocycles. The maximum atomic E-state index is 12.7. The number of β-lactam (4-membered cyclic amide) rings is 1. The molecule has 1 saturated heterocycles. The van der Waals surface area contributed by atoms with Crippen LogP contribution in [0.25, 0.3) is 0 Å². The Morgan fingerprint density at radius 1 is 1.48 bits per heavy atom. The number of fused-ring (bicyclic) bond motifs is 1. The molecule has 1 aromatic rings. The van der Waals surface area contributed by atoms with Gasteiger partial charge in [-0.1, -0.05) is 16.9 Å². The second-order valence-corrected chi connectivity index (χ2v) is 8.58. The van der Waals surface area contributed by atoms with Crippen LogP contribution in [0.15, 0.2) is 28.7 Å². The molecular formula is C17H18N6O6S2. The number of aromatic nitrogens is 2. The lowest BCUT2D eigenvalue weighted by molar-refractivity contribution is -0.150. The Balaban J connectivity index is 1.79. The van der Waals surface area contributed by atoms with Crippen LogP contribution >= 0.6 is 23.5 Å². The van der Waals surface area contributed by atoms with Crippen LogP contribution in [-0.2, 0) is 24.0 Å². The second kappa shape index (κ2) is 9.34. The lowest BCUT2D eigenvalue weighted by Gasteiger charge is -2.49. The van der Waals surface area contributed by atoms with Crippen molar-refractivity contribution in [1.82, 2.24) is 20.2 Å². The summed E-state index contributed by atoms with van der Waals surface area (Å²) < 4.78 is 0. The van der Waals surface area contributed by atoms with Crippen LogP contribution in [0, 0.1) is 0 Å². The monoisotopic (exact) mass is 466 g/mol. The number of nitrogens with two attached hydrogens (primary N) is 1. The number of hydrogen-bond acceptors (Lipinski definition) is 11. The standard InChI is InChI=1S/C17H18N6O6S2/c1-7(24)30-5-8-6-31-16-11(15(26)23(16)12(8)17(27)28)21-14(25)10(22-29-2)13-19-4-3-9(18)20-13/h3-4,11,16H,5-6H2,1-2H3,(H,21,25)(H,27,28)(H2,18,19,20)/b22-10-/t11?,16-/m1/s1. The predicted molar refractivity (Wildman–Crippen MR) is 113 cm³/mol. The number of aliphatic carboxylic acids is 1. The highest BCUT2D eigenvalue weighted by molar-refractivity contribution is 8.13. The smallest absolute Gasteiger partial charge is 0.352 e. The van der Waals surface area contributed by atoms with E-state index in [9.17, 15) is 24.3 Å². The number of carbonyl (C=O) groups is 4. The minimum absolute atomic E-state index is 0.0889. The summed E-state index contributed by atoms with van der Waals surface area (Å²) in [5.41, 5.74) is 5.65. The van der Waals surface area contributed by atoms with Crippen LogP contribution in [0.4, 0.5) is 5.82 Å². The van der Waals surface area contributed by atoms with E-state index in [1.54, 1.807) is 0 Å². The van der Waals surface area contributed by atoms with Gasteiger partial charge < -0.3 is 21.0 Å². The predicted octanol–water partition coefficient (Wildman–Crippen LogP) is -0.572. The van der Waals surface area contributed by atoms with E-state index in [-0.39, 0.29) is 33.9 Å². The summed E-state index contributed by atoms with van der Waals surface area (Å²) in [4.78, 5) is 62.1. The quantitative estimate of drug-likeness (QED) is 0.266. The van der Waals surface area contributed by atoms with Gasteiger partial charge in [0.05, 0.1) is 0 Å². The van der Waals surface area contributed by atoms with Crippen molar-refractivity contribution < 1.29 is 29.1 Å². The second-order valence-electron chi connectivity index (χ2n) is 6.33. The van der Waals surface area contributed by atoms with Gasteiger partial charge in [0, 0.05) is 24.6 Å². The van der Waals surface area contributed by atoms with Crippen molar-refractivity contribution in [2.24, 2.45) is 5.16 Å². The molecule has 4 N–H and O–H groups in total. The number of carboxylic acids is 1. The molecule has 0 saturated carbocycles. The van der Waals surface area contributed by atoms with E-state index < -0.39 is 29.2 Å². The molecular weight excluding hydrogens is 448 g/mol. The molecule has 12 nitrogen and oxygen atoms in total. The van der Waals surface area contributed by atoms with Gasteiger partial charge in [-0.3, -0.25) is 19.3 Å². The molecule has 31 heavy (non-hydrogen) atoms. The van der Waals surface area contributed by atoms with Crippen molar-refractivity contribution in [2.45, 2.75) is 18.3 Å². The van der Waals surface area contributed by atoms with E-state index in [4.69, 9.17) is 5.73 Å². The molecule has 2 aliphatic heterocycles. The Morgan fingerprint density at radius 2 is 2.23 bits per heavy atom. The van der Waals surface area contributed by atoms with Crippen LogP contribution in [-0.4, -0.2) is 78.6 Å². The van der Waals surface area contributed by atoms with E-state index in [1.165, 1.54) is 38.1 Å². The number of nitrogens with one attached hydrogen (secondary N) is 1. The molecule has 1 unspecified atom stereocenters. The highest BCUT2D eigenvalue weighted by Gasteiger charge is 2.54. The number of oxime groups is 1. The molecule has 2 aliphatic rings. The van der Waals surface area contributed by atoms with E-state index >= 15 is 0 Å². The molecule has 0 spiro atoms. The van der Waals surface area contributed by atoms with Gasteiger partial charge in [-0.15, -0.1) is 11.8 Å². The van der Waals surface area contributed by atoms with E-state index in [1.807, 2.05) is 0 Å². The highest BCUT2D eigenvalue weighted by atomic mass is 32.2. The molecule has 164 valence electrons. The number of hydrogen-bond donors (Lipinski definition) is 3. The summed E-state index contributed by atoms with van der Waals surface area (Å²) in [5.74, 6) is -2.12. The van der Waals surface area contributed by atoms with Crippen molar-refractivity contribution in [3.8, 4) is 0 Å². The number of nitrogens with zero attached hydrogens (tertiary/aromatic N) is 4. The first-order valence-electron chi connectivity index (χ1n) is 8.78. The Hall–Kier alpha value is -3.13. The molecule has 0 aromatic carbocycles. The van der Waals surface area contributed by atoms with E-state index in [2.05, 4.69) is 25.3 Å². The van der Waals surface area contributed by atoms with Gasteiger partial charge in [-0.05, 0) is 11.6 Å². The first-order valence-corrected chi connectivity index (χ1v) is 10.8. The zero-order chi connectivity index (χ0) is 22.7. The lowest BCUT2D eigenvalue weighted by atomic mass is 10.0. The number of anilines is 1. The molecule has 0 bridgehead atoms. The third kappa shape index (κ3) is 4.64. The van der Waals surface area contributed by atoms with Gasteiger partial charge in [0.25, 0.3) is 11.8 Å². The normalized spacial score (nSPS) is 20.6. The molecule has 3 heterocycles. The number of carbonyl (C=O) groups excluding carboxylic acids is 3. The number of carboxylic acid groups (broad SMARTS) is 1. The van der Waals surface area contributed by atoms with Crippen molar-refractivity contribution >= 4 is 58.0 Å². The van der Waals surface area contributed by atoms with Gasteiger partial charge in [-0.25, -0.2) is 14.8 Å². The summed E-state index contributed by atoms with van der Waals surface area (Å²) in [6, 6.07) is 0.455. The van der Waals surface area contributed by atoms with Crippen molar-refractivity contribution in [3.05, 3.63) is 29.4 Å². The largest absolute Gasteiger partial charge is 0.477 e. The van der Waals surface area contributed by atoms with Crippen molar-refractivity contribution in [2.75, 3.05) is 24.3 Å². The van der Waals surface area contributed by atoms with Gasteiger partial charge in [0.1, 0.15) is 30.0 Å². The first kappa shape index (κ1) is 22.6. The number of nitrogen functional groups attached to an aromatic ring is 1. The average molecular weight is 467 g/mol. The van der Waals surface area contributed by atoms with Gasteiger partial charge in [-0.2, -0.15) is 0 Å². The zero-order valence-electron chi connectivity index (χ0n) is 16.4. The summed E-state index contributed by atoms with van der Waals surface area (Å²) in [7, 11) is 1.23. The Labute approximate surface area is 184 Å². The Bertz CT molecular complexity index is 1010. The maximum Gasteiger partial charge on any atom is 0.352 e. The number of thioether (sulfide) groups is 2. The molecule has 3 rings (SSSR count). The van der Waals surface area contributed by atoms with Gasteiger partial charge in [0.2, 0.25) is 5.71 Å². The highest BCUT2D eigenvalue weighted by Crippen LogP contribution is 2.41. The van der Waals surface area contributed by atoms with E-state index in [0.717, 1.165) is 16.7 Å². The third-order valence-electron chi connectivity index (χ3n) is 4.27. The van der Waals surface area contributed by atoms with Crippen LogP contribution < -0.4 is 11.1 Å². The minimum atomic E-state index is -1.27. The summed E-state index contributed by atoms with van der Waals surface area (Å²) in [5, 5.41) is 15.0. The first-order chi connectivity index (χ1) is 14.7. The third-order valence-corrected chi connectivity index (χ3v) is 6.51. The molecule has 2 atom stereocenters. The minimum Gasteiger partial charge on any atom is -0.477 e. The molecule has 0 radical (unpaired) electrons. The fraction of sp³-hybridized carbons (Fsp3) is 0.353. The number of rotatable bonds is 7. The van der Waals surface area contributed by atoms with Gasteiger partial charge in [0.15, 0.2) is 10.9 Å². The average Bonchev–Trinajstić information content (AvgIpc) is 2.73. The van der Waals surface area contributed by atoms with Crippen LogP contribution in [0.2, 0.25) is 0 Å². The molecule has 1 fully saturated rings. The van der Waals surface area contributed by atoms with Crippen LogP contribution in [0.1, 0.15) is 12.7 Å². The summed E-state index contributed by atoms with van der Waals surface area (Å²) in [6.07, 6.45) is 1.34. The van der Waals surface area contributed by atoms with Crippen LogP contribution in [0.5, 0.6) is 0 Å². The van der Waals surface area contributed by atoms with Crippen molar-refractivity contribution in [1.29, 1.82) is 0 Å². The fourth-order valence-electron chi connectivity index (χ4n) is 2.95. The summed E-state index contributed by atoms with van der Waals surface area (Å²) in [6.45, 7) is 1.38. The van der Waals surface area contributed by atoms with Gasteiger partial charge >= 0.3 is 5.97 Å². The summed E-state index contributed by atoms with van der Waals surface area (Å²) >= 11 is 2.27. The fourth-order valence-corrected chi connectivity index (χ4v) is 5.05. The Morgan fingerprint density at radius 3 is 2.84 bits per heavy atom. The number of amides is 2. The maximum absolute atomic E-state index is 12.7. The van der Waals surface area contributed by atoms with Crippen LogP contribution in [0.3, 0.4) is 0 Å². The Kier molecular flexibility index (Phi) is 6.80. The topological polar surface area (TPSA) is 177 Å². The molecule has 14 heteroatoms. The SMILES string of the molecule is CO/N=C(\C(=O)NC1C(=O)N2C(C(=O)O)=C(CSC(C)=O)CS[C@H]12)c1nccc(N)n1.